The van der Waals surface area contributed by atoms with Crippen molar-refractivity contribution in [2.75, 3.05) is 5.32 Å². The van der Waals surface area contributed by atoms with Crippen LogP contribution in [0, 0.1) is 0 Å². The zero-order valence-electron chi connectivity index (χ0n) is 8.95. The van der Waals surface area contributed by atoms with Crippen molar-refractivity contribution < 1.29 is 4.79 Å². The van der Waals surface area contributed by atoms with Gasteiger partial charge in [-0.1, -0.05) is 11.6 Å². The van der Waals surface area contributed by atoms with Gasteiger partial charge in [-0.3, -0.25) is 4.79 Å². The van der Waals surface area contributed by atoms with E-state index in [1.807, 2.05) is 0 Å². The molecule has 0 saturated heterocycles. The fourth-order valence-electron chi connectivity index (χ4n) is 1.29. The van der Waals surface area contributed by atoms with E-state index in [1.165, 1.54) is 0 Å². The fraction of sp³-hybridized carbons (Fsp3) is 0. The Kier molecular flexibility index (Phi) is 4.37. The van der Waals surface area contributed by atoms with Gasteiger partial charge >= 0.3 is 0 Å². The number of amides is 1. The molecule has 1 heterocycles. The quantitative estimate of drug-likeness (QED) is 0.820. The molecule has 0 aliphatic heterocycles. The summed E-state index contributed by atoms with van der Waals surface area (Å²) in [5.74, 6) is 0.213. The first-order valence-corrected chi connectivity index (χ1v) is 6.91. The van der Waals surface area contributed by atoms with Gasteiger partial charge < -0.3 is 5.32 Å². The molecule has 1 amide bonds. The Balaban J connectivity index is 2.22. The maximum Gasteiger partial charge on any atom is 0.256 e. The summed E-state index contributed by atoms with van der Waals surface area (Å²) in [6, 6.07) is 8.58. The molecule has 1 aromatic heterocycles. The van der Waals surface area contributed by atoms with Crippen molar-refractivity contribution in [1.82, 2.24) is 4.98 Å². The van der Waals surface area contributed by atoms with E-state index in [9.17, 15) is 4.79 Å². The van der Waals surface area contributed by atoms with E-state index in [1.54, 1.807) is 36.5 Å². The molecule has 0 bridgehead atoms. The standard InChI is InChI=1S/C12H7Br2ClN2O/c13-8-4-3-7(6-10(8)15)12(18)17-11-9(14)2-1-5-16-11/h1-6H,(H,16,17,18). The van der Waals surface area contributed by atoms with Crippen molar-refractivity contribution in [2.24, 2.45) is 0 Å². The van der Waals surface area contributed by atoms with Gasteiger partial charge in [-0.2, -0.15) is 0 Å². The molecule has 2 rings (SSSR count). The average Bonchev–Trinajstić information content (AvgIpc) is 2.35. The van der Waals surface area contributed by atoms with Crippen molar-refractivity contribution in [3.05, 3.63) is 56.1 Å². The summed E-state index contributed by atoms with van der Waals surface area (Å²) in [6.07, 6.45) is 1.61. The zero-order chi connectivity index (χ0) is 13.1. The number of nitrogens with one attached hydrogen (secondary N) is 1. The number of carbonyl (C=O) groups is 1. The molecule has 0 aliphatic carbocycles. The molecule has 0 atom stereocenters. The van der Waals surface area contributed by atoms with Crippen LogP contribution in [0.25, 0.3) is 0 Å². The van der Waals surface area contributed by atoms with Crippen LogP contribution >= 0.6 is 43.5 Å². The molecule has 1 N–H and O–H groups in total. The number of hydrogen-bond donors (Lipinski definition) is 1. The normalized spacial score (nSPS) is 10.2. The maximum absolute atomic E-state index is 12.0. The van der Waals surface area contributed by atoms with E-state index in [0.717, 1.165) is 8.95 Å². The second-order valence-electron chi connectivity index (χ2n) is 3.42. The Labute approximate surface area is 126 Å². The topological polar surface area (TPSA) is 42.0 Å². The summed E-state index contributed by atoms with van der Waals surface area (Å²) in [4.78, 5) is 16.0. The Morgan fingerprint density at radius 1 is 1.22 bits per heavy atom. The van der Waals surface area contributed by atoms with Crippen molar-refractivity contribution in [3.63, 3.8) is 0 Å². The summed E-state index contributed by atoms with van der Waals surface area (Å²) in [5.41, 5.74) is 0.473. The Hall–Kier alpha value is -0.910. The van der Waals surface area contributed by atoms with Crippen LogP contribution in [0.15, 0.2) is 45.5 Å². The Morgan fingerprint density at radius 3 is 2.67 bits per heavy atom. The highest BCUT2D eigenvalue weighted by molar-refractivity contribution is 9.11. The zero-order valence-corrected chi connectivity index (χ0v) is 12.9. The van der Waals surface area contributed by atoms with Gasteiger partial charge in [0.05, 0.1) is 9.50 Å². The van der Waals surface area contributed by atoms with Gasteiger partial charge in [0.15, 0.2) is 0 Å². The number of pyridine rings is 1. The summed E-state index contributed by atoms with van der Waals surface area (Å²) < 4.78 is 1.47. The number of rotatable bonds is 2. The van der Waals surface area contributed by atoms with E-state index in [-0.39, 0.29) is 5.91 Å². The van der Waals surface area contributed by atoms with E-state index < -0.39 is 0 Å². The minimum absolute atomic E-state index is 0.260. The monoisotopic (exact) mass is 388 g/mol. The molecule has 2 aromatic rings. The summed E-state index contributed by atoms with van der Waals surface area (Å²) >= 11 is 12.5. The van der Waals surface area contributed by atoms with Gasteiger partial charge in [0.25, 0.3) is 5.91 Å². The number of nitrogens with zero attached hydrogens (tertiary/aromatic N) is 1. The Morgan fingerprint density at radius 2 is 2.00 bits per heavy atom. The molecule has 0 aliphatic rings. The highest BCUT2D eigenvalue weighted by Gasteiger charge is 2.10. The van der Waals surface area contributed by atoms with E-state index in [0.29, 0.717) is 16.4 Å². The summed E-state index contributed by atoms with van der Waals surface area (Å²) in [7, 11) is 0. The molecule has 92 valence electrons. The molecular weight excluding hydrogens is 383 g/mol. The van der Waals surface area contributed by atoms with Crippen LogP contribution < -0.4 is 5.32 Å². The van der Waals surface area contributed by atoms with Crippen LogP contribution in [0.3, 0.4) is 0 Å². The molecule has 6 heteroatoms. The number of aromatic nitrogens is 1. The molecule has 1 aromatic carbocycles. The first-order chi connectivity index (χ1) is 8.58. The largest absolute Gasteiger partial charge is 0.306 e. The van der Waals surface area contributed by atoms with E-state index in [4.69, 9.17) is 11.6 Å². The number of anilines is 1. The lowest BCUT2D eigenvalue weighted by Gasteiger charge is -2.06. The molecule has 0 radical (unpaired) electrons. The number of benzene rings is 1. The minimum atomic E-state index is -0.260. The lowest BCUT2D eigenvalue weighted by molar-refractivity contribution is 0.102. The third kappa shape index (κ3) is 3.10. The summed E-state index contributed by atoms with van der Waals surface area (Å²) in [6.45, 7) is 0. The maximum atomic E-state index is 12.0. The minimum Gasteiger partial charge on any atom is -0.306 e. The summed E-state index contributed by atoms with van der Waals surface area (Å²) in [5, 5.41) is 3.19. The fourth-order valence-corrected chi connectivity index (χ4v) is 2.08. The second kappa shape index (κ2) is 5.82. The predicted molar refractivity (Wildman–Crippen MR) is 79.0 cm³/mol. The average molecular weight is 390 g/mol. The van der Waals surface area contributed by atoms with Crippen LogP contribution in [0.4, 0.5) is 5.82 Å². The lowest BCUT2D eigenvalue weighted by Crippen LogP contribution is -2.13. The lowest BCUT2D eigenvalue weighted by atomic mass is 10.2. The molecule has 3 nitrogen and oxygen atoms in total. The van der Waals surface area contributed by atoms with Gasteiger partial charge in [0, 0.05) is 16.2 Å². The van der Waals surface area contributed by atoms with E-state index >= 15 is 0 Å². The highest BCUT2D eigenvalue weighted by atomic mass is 79.9. The molecule has 0 fully saturated rings. The Bertz CT molecular complexity index is 604. The predicted octanol–water partition coefficient (Wildman–Crippen LogP) is 4.51. The molecule has 18 heavy (non-hydrogen) atoms. The highest BCUT2D eigenvalue weighted by Crippen LogP contribution is 2.24. The van der Waals surface area contributed by atoms with Crippen LogP contribution in [-0.4, -0.2) is 10.9 Å². The van der Waals surface area contributed by atoms with Crippen molar-refractivity contribution in [3.8, 4) is 0 Å². The SMILES string of the molecule is O=C(Nc1ncccc1Br)c1ccc(Br)c(Cl)c1. The van der Waals surface area contributed by atoms with Gasteiger partial charge in [-0.05, 0) is 62.2 Å². The van der Waals surface area contributed by atoms with Crippen molar-refractivity contribution in [1.29, 1.82) is 0 Å². The molecular formula is C12H7Br2ClN2O. The molecule has 0 spiro atoms. The van der Waals surface area contributed by atoms with Crippen molar-refractivity contribution >= 4 is 55.2 Å². The first-order valence-electron chi connectivity index (χ1n) is 4.95. The van der Waals surface area contributed by atoms with Gasteiger partial charge in [-0.15, -0.1) is 0 Å². The second-order valence-corrected chi connectivity index (χ2v) is 5.53. The van der Waals surface area contributed by atoms with E-state index in [2.05, 4.69) is 42.2 Å². The number of hydrogen-bond acceptors (Lipinski definition) is 2. The van der Waals surface area contributed by atoms with Crippen LogP contribution in [0.5, 0.6) is 0 Å². The number of carbonyl (C=O) groups excluding carboxylic acids is 1. The van der Waals surface area contributed by atoms with Gasteiger partial charge in [0.1, 0.15) is 5.82 Å². The van der Waals surface area contributed by atoms with Gasteiger partial charge in [-0.25, -0.2) is 4.98 Å². The first kappa shape index (κ1) is 13.5. The van der Waals surface area contributed by atoms with Crippen molar-refractivity contribution in [2.45, 2.75) is 0 Å². The van der Waals surface area contributed by atoms with Crippen LogP contribution in [0.1, 0.15) is 10.4 Å². The van der Waals surface area contributed by atoms with Gasteiger partial charge in [0.2, 0.25) is 0 Å². The number of halogens is 3. The smallest absolute Gasteiger partial charge is 0.256 e. The molecule has 0 saturated carbocycles. The van der Waals surface area contributed by atoms with Crippen LogP contribution in [0.2, 0.25) is 5.02 Å². The third-order valence-electron chi connectivity index (χ3n) is 2.17. The molecule has 0 unspecified atom stereocenters. The van der Waals surface area contributed by atoms with Crippen LogP contribution in [-0.2, 0) is 0 Å². The third-order valence-corrected chi connectivity index (χ3v) is 4.04.